The number of urea groups is 1. The zero-order valence-corrected chi connectivity index (χ0v) is 18.9. The standard InChI is InChI=1S/C23H33N3O3S/c1-14(2)26-17-9-10-18(26)13-19(12-17)30(28,29)25-23(27)24-22-20-7-3-5-15(20)11-16-6-4-8-21(16)22/h11,14,17-19H,3-10,12-13H2,1-2H3,(H2,24,25,27)/t17-,18?,19?/m1/s1. The Morgan fingerprint density at radius 3 is 2.10 bits per heavy atom. The molecule has 2 fully saturated rings. The molecule has 164 valence electrons. The third kappa shape index (κ3) is 3.44. The SMILES string of the molecule is CC(C)N1C2CC[C@@H]1CC(S(=O)(=O)NC(=O)Nc1c3c(cc4c1CCC4)CCC3)C2. The number of rotatable bonds is 4. The molecule has 2 saturated heterocycles. The maximum absolute atomic E-state index is 13.1. The largest absolute Gasteiger partial charge is 0.332 e. The van der Waals surface area contributed by atoms with Crippen LogP contribution < -0.4 is 10.0 Å². The number of amides is 2. The summed E-state index contributed by atoms with van der Waals surface area (Å²) in [7, 11) is -3.69. The van der Waals surface area contributed by atoms with Crippen LogP contribution in [0, 0.1) is 0 Å². The van der Waals surface area contributed by atoms with Gasteiger partial charge in [-0.3, -0.25) is 4.90 Å². The van der Waals surface area contributed by atoms with E-state index in [-0.39, 0.29) is 0 Å². The van der Waals surface area contributed by atoms with E-state index in [1.165, 1.54) is 22.3 Å². The van der Waals surface area contributed by atoms with Crippen LogP contribution in [0.1, 0.15) is 74.6 Å². The number of carbonyl (C=O) groups is 1. The van der Waals surface area contributed by atoms with Crippen LogP contribution in [0.15, 0.2) is 6.07 Å². The zero-order valence-electron chi connectivity index (χ0n) is 18.0. The van der Waals surface area contributed by atoms with Crippen molar-refractivity contribution in [3.63, 3.8) is 0 Å². The topological polar surface area (TPSA) is 78.5 Å². The molecule has 30 heavy (non-hydrogen) atoms. The Kier molecular flexibility index (Phi) is 5.09. The molecule has 1 aromatic rings. The summed E-state index contributed by atoms with van der Waals surface area (Å²) in [5.41, 5.74) is 5.97. The van der Waals surface area contributed by atoms with Crippen LogP contribution in [0.5, 0.6) is 0 Å². The maximum atomic E-state index is 13.1. The van der Waals surface area contributed by atoms with Crippen molar-refractivity contribution in [3.8, 4) is 0 Å². The predicted molar refractivity (Wildman–Crippen MR) is 118 cm³/mol. The first kappa shape index (κ1) is 20.3. The van der Waals surface area contributed by atoms with Gasteiger partial charge < -0.3 is 5.32 Å². The molecule has 5 rings (SSSR count). The number of fused-ring (bicyclic) bond motifs is 4. The monoisotopic (exact) mass is 431 g/mol. The van der Waals surface area contributed by atoms with Crippen molar-refractivity contribution in [2.75, 3.05) is 5.32 Å². The summed E-state index contributed by atoms with van der Waals surface area (Å²) >= 11 is 0. The van der Waals surface area contributed by atoms with Gasteiger partial charge in [-0.1, -0.05) is 6.07 Å². The van der Waals surface area contributed by atoms with Gasteiger partial charge in [-0.25, -0.2) is 17.9 Å². The second-order valence-corrected chi connectivity index (χ2v) is 11.8. The highest BCUT2D eigenvalue weighted by Gasteiger charge is 2.46. The lowest BCUT2D eigenvalue weighted by Gasteiger charge is -2.41. The van der Waals surface area contributed by atoms with Crippen molar-refractivity contribution >= 4 is 21.7 Å². The fourth-order valence-corrected chi connectivity index (χ4v) is 8.01. The second-order valence-electron chi connectivity index (χ2n) is 9.85. The second kappa shape index (κ2) is 7.52. The number of nitrogens with zero attached hydrogens (tertiary/aromatic N) is 1. The first-order valence-corrected chi connectivity index (χ1v) is 13.1. The molecule has 0 radical (unpaired) electrons. The molecule has 2 aliphatic heterocycles. The fraction of sp³-hybridized carbons (Fsp3) is 0.696. The lowest BCUT2D eigenvalue weighted by molar-refractivity contribution is 0.105. The zero-order chi connectivity index (χ0) is 21.0. The van der Waals surface area contributed by atoms with Gasteiger partial charge in [0.05, 0.1) is 5.25 Å². The van der Waals surface area contributed by atoms with Gasteiger partial charge in [0, 0.05) is 23.8 Å². The van der Waals surface area contributed by atoms with E-state index in [0.29, 0.717) is 31.0 Å². The minimum Gasteiger partial charge on any atom is -0.307 e. The molecular weight excluding hydrogens is 398 g/mol. The first-order valence-electron chi connectivity index (χ1n) is 11.6. The van der Waals surface area contributed by atoms with Crippen LogP contribution >= 0.6 is 0 Å². The number of nitrogens with one attached hydrogen (secondary N) is 2. The van der Waals surface area contributed by atoms with E-state index in [1.54, 1.807) is 0 Å². The van der Waals surface area contributed by atoms with E-state index < -0.39 is 21.3 Å². The van der Waals surface area contributed by atoms with Crippen molar-refractivity contribution in [1.82, 2.24) is 9.62 Å². The number of hydrogen-bond donors (Lipinski definition) is 2. The van der Waals surface area contributed by atoms with Crippen molar-refractivity contribution in [3.05, 3.63) is 28.3 Å². The normalized spacial score (nSPS) is 27.9. The minimum absolute atomic E-state index is 0.314. The summed E-state index contributed by atoms with van der Waals surface area (Å²) in [5.74, 6) is 0. The molecule has 2 N–H and O–H groups in total. The summed E-state index contributed by atoms with van der Waals surface area (Å²) in [5, 5.41) is 2.48. The van der Waals surface area contributed by atoms with Crippen LogP contribution in [0.2, 0.25) is 0 Å². The van der Waals surface area contributed by atoms with Gasteiger partial charge in [0.15, 0.2) is 0 Å². The molecule has 2 aliphatic carbocycles. The van der Waals surface area contributed by atoms with E-state index in [2.05, 4.69) is 34.9 Å². The lowest BCUT2D eigenvalue weighted by Crippen LogP contribution is -2.52. The van der Waals surface area contributed by atoms with Crippen molar-refractivity contribution in [2.45, 2.75) is 101 Å². The number of hydrogen-bond acceptors (Lipinski definition) is 4. The summed E-state index contributed by atoms with van der Waals surface area (Å²) in [6.45, 7) is 4.37. The fourth-order valence-electron chi connectivity index (χ4n) is 6.58. The Bertz CT molecular complexity index is 926. The Morgan fingerprint density at radius 1 is 1.00 bits per heavy atom. The predicted octanol–water partition coefficient (Wildman–Crippen LogP) is 3.52. The summed E-state index contributed by atoms with van der Waals surface area (Å²) in [6.07, 6.45) is 9.58. The van der Waals surface area contributed by atoms with Gasteiger partial charge in [0.1, 0.15) is 0 Å². The highest BCUT2D eigenvalue weighted by atomic mass is 32.2. The maximum Gasteiger partial charge on any atom is 0.332 e. The van der Waals surface area contributed by atoms with E-state index in [0.717, 1.165) is 57.1 Å². The quantitative estimate of drug-likeness (QED) is 0.765. The molecule has 0 saturated carbocycles. The average Bonchev–Trinajstić information content (AvgIpc) is 3.38. The van der Waals surface area contributed by atoms with E-state index in [9.17, 15) is 13.2 Å². The Balaban J connectivity index is 1.31. The molecule has 0 aromatic heterocycles. The Labute approximate surface area is 179 Å². The van der Waals surface area contributed by atoms with Gasteiger partial charge in [-0.05, 0) is 100 Å². The third-order valence-electron chi connectivity index (χ3n) is 7.73. The highest BCUT2D eigenvalue weighted by Crippen LogP contribution is 2.40. The van der Waals surface area contributed by atoms with Crippen molar-refractivity contribution < 1.29 is 13.2 Å². The summed E-state index contributed by atoms with van der Waals surface area (Å²) in [6, 6.07) is 2.78. The average molecular weight is 432 g/mol. The third-order valence-corrected chi connectivity index (χ3v) is 9.46. The molecule has 6 nitrogen and oxygen atoms in total. The van der Waals surface area contributed by atoms with Gasteiger partial charge in [0.25, 0.3) is 0 Å². The van der Waals surface area contributed by atoms with Gasteiger partial charge in [-0.15, -0.1) is 0 Å². The number of benzene rings is 1. The highest BCUT2D eigenvalue weighted by molar-refractivity contribution is 7.90. The number of aryl methyl sites for hydroxylation is 2. The van der Waals surface area contributed by atoms with Crippen LogP contribution in [0.25, 0.3) is 0 Å². The molecule has 4 aliphatic rings. The molecule has 2 heterocycles. The smallest absolute Gasteiger partial charge is 0.307 e. The minimum atomic E-state index is -3.69. The first-order chi connectivity index (χ1) is 14.3. The van der Waals surface area contributed by atoms with Crippen LogP contribution in [-0.4, -0.2) is 42.7 Å². The number of piperidine rings is 1. The van der Waals surface area contributed by atoms with Crippen molar-refractivity contribution in [2.24, 2.45) is 0 Å². The van der Waals surface area contributed by atoms with Crippen LogP contribution in [0.3, 0.4) is 0 Å². The van der Waals surface area contributed by atoms with Gasteiger partial charge in [0.2, 0.25) is 10.0 Å². The molecule has 1 aromatic carbocycles. The van der Waals surface area contributed by atoms with Gasteiger partial charge >= 0.3 is 6.03 Å². The molecule has 0 spiro atoms. The summed E-state index contributed by atoms with van der Waals surface area (Å²) < 4.78 is 28.5. The number of carbonyl (C=O) groups excluding carboxylic acids is 1. The van der Waals surface area contributed by atoms with Crippen LogP contribution in [-0.2, 0) is 35.7 Å². The molecule has 7 heteroatoms. The lowest BCUT2D eigenvalue weighted by atomic mass is 9.99. The molecule has 2 unspecified atom stereocenters. The van der Waals surface area contributed by atoms with Crippen LogP contribution in [0.4, 0.5) is 10.5 Å². The molecule has 2 bridgehead atoms. The summed E-state index contributed by atoms with van der Waals surface area (Å²) in [4.78, 5) is 15.3. The molecular formula is C23H33N3O3S. The van der Waals surface area contributed by atoms with Gasteiger partial charge in [-0.2, -0.15) is 0 Å². The Morgan fingerprint density at radius 2 is 1.57 bits per heavy atom. The number of anilines is 1. The Hall–Kier alpha value is -1.60. The van der Waals surface area contributed by atoms with E-state index >= 15 is 0 Å². The molecule has 2 amide bonds. The number of sulfonamides is 1. The van der Waals surface area contributed by atoms with Crippen molar-refractivity contribution in [1.29, 1.82) is 0 Å². The molecule has 3 atom stereocenters. The van der Waals surface area contributed by atoms with E-state index in [4.69, 9.17) is 0 Å². The van der Waals surface area contributed by atoms with E-state index in [1.807, 2.05) is 0 Å².